The number of ether oxygens (including phenoxy) is 2. The maximum Gasteiger partial charge on any atom is 0.275 e. The maximum absolute atomic E-state index is 12.2. The normalized spacial score (nSPS) is 15.2. The third-order valence-corrected chi connectivity index (χ3v) is 3.50. The Morgan fingerprint density at radius 3 is 3.14 bits per heavy atom. The summed E-state index contributed by atoms with van der Waals surface area (Å²) in [5, 5.41) is 5.99. The van der Waals surface area contributed by atoms with E-state index in [4.69, 9.17) is 9.47 Å². The summed E-state index contributed by atoms with van der Waals surface area (Å²) in [7, 11) is 0. The van der Waals surface area contributed by atoms with Crippen molar-refractivity contribution in [1.29, 1.82) is 0 Å². The zero-order valence-electron chi connectivity index (χ0n) is 11.3. The molecule has 0 aliphatic carbocycles. The molecule has 7 nitrogen and oxygen atoms in total. The molecule has 0 saturated carbocycles. The van der Waals surface area contributed by atoms with Crippen LogP contribution in [0.3, 0.4) is 0 Å². The minimum absolute atomic E-state index is 0.214. The molecule has 7 heteroatoms. The van der Waals surface area contributed by atoms with Crippen molar-refractivity contribution in [2.24, 2.45) is 0 Å². The molecular weight excluding hydrogens is 272 g/mol. The summed E-state index contributed by atoms with van der Waals surface area (Å²) < 4.78 is 12.5. The van der Waals surface area contributed by atoms with Crippen molar-refractivity contribution in [2.45, 2.75) is 13.0 Å². The predicted molar refractivity (Wildman–Crippen MR) is 75.9 cm³/mol. The van der Waals surface area contributed by atoms with Crippen LogP contribution in [0.5, 0.6) is 11.5 Å². The van der Waals surface area contributed by atoms with E-state index in [1.807, 2.05) is 4.57 Å². The average Bonchev–Trinajstić information content (AvgIpc) is 3.13. The Balaban J connectivity index is 1.54. The maximum atomic E-state index is 12.2. The molecule has 1 aromatic carbocycles. The molecule has 0 atom stereocenters. The lowest BCUT2D eigenvalue weighted by Crippen LogP contribution is -2.16. The lowest BCUT2D eigenvalue weighted by atomic mass is 10.2. The number of carbonyl (C=O) groups excluding carboxylic acids is 1. The highest BCUT2D eigenvalue weighted by Gasteiger charge is 2.18. The van der Waals surface area contributed by atoms with Gasteiger partial charge in [-0.2, -0.15) is 0 Å². The molecule has 2 aromatic rings. The molecule has 3 heterocycles. The number of nitrogens with zero attached hydrogens (tertiary/aromatic N) is 2. The first-order chi connectivity index (χ1) is 10.3. The van der Waals surface area contributed by atoms with E-state index in [9.17, 15) is 4.79 Å². The number of aromatic nitrogens is 2. The molecule has 2 aliphatic heterocycles. The molecule has 1 amide bonds. The highest BCUT2D eigenvalue weighted by Crippen LogP contribution is 2.34. The first kappa shape index (κ1) is 12.1. The SMILES string of the molecule is O=C(Nc1ccc2c(c1)OCO2)c1cn2c(n1)NCCC2. The lowest BCUT2D eigenvalue weighted by Gasteiger charge is -2.14. The number of rotatable bonds is 2. The van der Waals surface area contributed by atoms with Gasteiger partial charge in [-0.15, -0.1) is 0 Å². The topological polar surface area (TPSA) is 77.4 Å². The van der Waals surface area contributed by atoms with Gasteiger partial charge in [0, 0.05) is 31.0 Å². The van der Waals surface area contributed by atoms with Gasteiger partial charge in [0.2, 0.25) is 12.7 Å². The van der Waals surface area contributed by atoms with Crippen LogP contribution in [0.2, 0.25) is 0 Å². The number of fused-ring (bicyclic) bond motifs is 2. The molecule has 0 unspecified atom stereocenters. The molecule has 0 fully saturated rings. The van der Waals surface area contributed by atoms with Crippen LogP contribution in [0.25, 0.3) is 0 Å². The first-order valence-electron chi connectivity index (χ1n) is 6.82. The van der Waals surface area contributed by atoms with Gasteiger partial charge in [0.25, 0.3) is 5.91 Å². The fourth-order valence-corrected chi connectivity index (χ4v) is 2.46. The monoisotopic (exact) mass is 286 g/mol. The summed E-state index contributed by atoms with van der Waals surface area (Å²) in [6, 6.07) is 5.30. The van der Waals surface area contributed by atoms with Gasteiger partial charge >= 0.3 is 0 Å². The fourth-order valence-electron chi connectivity index (χ4n) is 2.46. The zero-order valence-corrected chi connectivity index (χ0v) is 11.3. The van der Waals surface area contributed by atoms with E-state index in [1.165, 1.54) is 0 Å². The number of nitrogens with one attached hydrogen (secondary N) is 2. The standard InChI is InChI=1S/C14H14N4O3/c19-13(10-7-18-5-1-4-15-14(18)17-10)16-9-2-3-11-12(6-9)21-8-20-11/h2-3,6-7H,1,4-5,8H2,(H,15,17)(H,16,19). The van der Waals surface area contributed by atoms with E-state index in [0.29, 0.717) is 22.9 Å². The molecule has 0 saturated heterocycles. The third-order valence-electron chi connectivity index (χ3n) is 3.50. The molecule has 0 spiro atoms. The summed E-state index contributed by atoms with van der Waals surface area (Å²) in [5.41, 5.74) is 1.06. The molecule has 0 bridgehead atoms. The lowest BCUT2D eigenvalue weighted by molar-refractivity contribution is 0.102. The van der Waals surface area contributed by atoms with Gasteiger partial charge in [-0.25, -0.2) is 4.98 Å². The van der Waals surface area contributed by atoms with E-state index in [0.717, 1.165) is 25.5 Å². The number of anilines is 2. The molecule has 108 valence electrons. The van der Waals surface area contributed by atoms with Gasteiger partial charge in [0.05, 0.1) is 0 Å². The molecule has 0 radical (unpaired) electrons. The van der Waals surface area contributed by atoms with E-state index in [1.54, 1.807) is 24.4 Å². The van der Waals surface area contributed by atoms with Crippen molar-refractivity contribution in [3.63, 3.8) is 0 Å². The highest BCUT2D eigenvalue weighted by atomic mass is 16.7. The molecular formula is C14H14N4O3. The number of imidazole rings is 1. The predicted octanol–water partition coefficient (Wildman–Crippen LogP) is 1.68. The third kappa shape index (κ3) is 2.16. The summed E-state index contributed by atoms with van der Waals surface area (Å²) in [4.78, 5) is 16.5. The number of aryl methyl sites for hydroxylation is 1. The van der Waals surface area contributed by atoms with Crippen molar-refractivity contribution in [1.82, 2.24) is 9.55 Å². The number of benzene rings is 1. The molecule has 2 aliphatic rings. The van der Waals surface area contributed by atoms with Crippen LogP contribution < -0.4 is 20.1 Å². The van der Waals surface area contributed by atoms with Crippen molar-refractivity contribution < 1.29 is 14.3 Å². The quantitative estimate of drug-likeness (QED) is 0.878. The minimum atomic E-state index is -0.238. The van der Waals surface area contributed by atoms with Crippen LogP contribution >= 0.6 is 0 Å². The second kappa shape index (κ2) is 4.69. The van der Waals surface area contributed by atoms with Crippen LogP contribution in [0, 0.1) is 0 Å². The highest BCUT2D eigenvalue weighted by molar-refractivity contribution is 6.03. The summed E-state index contributed by atoms with van der Waals surface area (Å²) in [6.07, 6.45) is 2.80. The van der Waals surface area contributed by atoms with Gasteiger partial charge in [-0.3, -0.25) is 4.79 Å². The van der Waals surface area contributed by atoms with Gasteiger partial charge < -0.3 is 24.7 Å². The molecule has 1 aromatic heterocycles. The van der Waals surface area contributed by atoms with Crippen LogP contribution in [-0.2, 0) is 6.54 Å². The smallest absolute Gasteiger partial charge is 0.275 e. The largest absolute Gasteiger partial charge is 0.454 e. The second-order valence-electron chi connectivity index (χ2n) is 4.95. The van der Waals surface area contributed by atoms with Crippen molar-refractivity contribution in [2.75, 3.05) is 24.0 Å². The first-order valence-corrected chi connectivity index (χ1v) is 6.82. The second-order valence-corrected chi connectivity index (χ2v) is 4.95. The van der Waals surface area contributed by atoms with Crippen LogP contribution in [0.15, 0.2) is 24.4 Å². The van der Waals surface area contributed by atoms with E-state index < -0.39 is 0 Å². The van der Waals surface area contributed by atoms with E-state index in [2.05, 4.69) is 15.6 Å². The van der Waals surface area contributed by atoms with Gasteiger partial charge in [0.15, 0.2) is 11.5 Å². The Morgan fingerprint density at radius 2 is 2.24 bits per heavy atom. The van der Waals surface area contributed by atoms with Crippen LogP contribution in [0.4, 0.5) is 11.6 Å². The Labute approximate surface area is 120 Å². The fraction of sp³-hybridized carbons (Fsp3) is 0.286. The summed E-state index contributed by atoms with van der Waals surface area (Å²) in [6.45, 7) is 1.99. The molecule has 4 rings (SSSR count). The summed E-state index contributed by atoms with van der Waals surface area (Å²) in [5.74, 6) is 1.84. The van der Waals surface area contributed by atoms with Gasteiger partial charge in [0.1, 0.15) is 5.69 Å². The van der Waals surface area contributed by atoms with Crippen LogP contribution in [-0.4, -0.2) is 28.8 Å². The number of hydrogen-bond donors (Lipinski definition) is 2. The van der Waals surface area contributed by atoms with Crippen LogP contribution in [0.1, 0.15) is 16.9 Å². The van der Waals surface area contributed by atoms with E-state index in [-0.39, 0.29) is 12.7 Å². The van der Waals surface area contributed by atoms with Crippen molar-refractivity contribution in [3.8, 4) is 11.5 Å². The van der Waals surface area contributed by atoms with Crippen molar-refractivity contribution >= 4 is 17.5 Å². The van der Waals surface area contributed by atoms with Gasteiger partial charge in [-0.05, 0) is 18.6 Å². The number of carbonyl (C=O) groups is 1. The summed E-state index contributed by atoms with van der Waals surface area (Å²) >= 11 is 0. The average molecular weight is 286 g/mol. The van der Waals surface area contributed by atoms with Crippen molar-refractivity contribution in [3.05, 3.63) is 30.1 Å². The zero-order chi connectivity index (χ0) is 14.2. The van der Waals surface area contributed by atoms with E-state index >= 15 is 0 Å². The molecule has 21 heavy (non-hydrogen) atoms. The Kier molecular flexibility index (Phi) is 2.70. The Hall–Kier alpha value is -2.70. The Morgan fingerprint density at radius 1 is 1.33 bits per heavy atom. The molecule has 2 N–H and O–H groups in total. The Bertz CT molecular complexity index is 687. The van der Waals surface area contributed by atoms with Gasteiger partial charge in [-0.1, -0.05) is 0 Å². The number of hydrogen-bond acceptors (Lipinski definition) is 5. The number of amides is 1. The minimum Gasteiger partial charge on any atom is -0.454 e.